The zero-order chi connectivity index (χ0) is 16.9. The number of amides is 2. The van der Waals surface area contributed by atoms with Crippen LogP contribution in [0.1, 0.15) is 11.1 Å². The van der Waals surface area contributed by atoms with E-state index in [1.165, 1.54) is 22.8 Å². The minimum Gasteiger partial charge on any atom is -0.380 e. The summed E-state index contributed by atoms with van der Waals surface area (Å²) < 4.78 is 19.4. The lowest BCUT2D eigenvalue weighted by molar-refractivity contribution is 0.185. The van der Waals surface area contributed by atoms with Gasteiger partial charge < -0.3 is 10.1 Å². The van der Waals surface area contributed by atoms with E-state index < -0.39 is 11.8 Å². The smallest absolute Gasteiger partial charge is 0.321 e. The summed E-state index contributed by atoms with van der Waals surface area (Å²) in [7, 11) is 1.64. The van der Waals surface area contributed by atoms with Gasteiger partial charge >= 0.3 is 6.03 Å². The molecule has 0 radical (unpaired) electrons. The van der Waals surface area contributed by atoms with E-state index in [0.29, 0.717) is 18.8 Å². The number of nitrogens with one attached hydrogen (secondary N) is 2. The first-order chi connectivity index (χ1) is 11.6. The molecule has 2 aromatic heterocycles. The molecule has 124 valence electrons. The van der Waals surface area contributed by atoms with E-state index >= 15 is 0 Å². The molecule has 0 aliphatic rings. The second-order valence-corrected chi connectivity index (χ2v) is 5.14. The van der Waals surface area contributed by atoms with Crippen molar-refractivity contribution < 1.29 is 13.9 Å². The van der Waals surface area contributed by atoms with Crippen LogP contribution in [-0.2, 0) is 17.9 Å². The molecule has 0 aliphatic carbocycles. The number of anilines is 1. The highest BCUT2D eigenvalue weighted by Gasteiger charge is 2.08. The Bertz CT molecular complexity index is 847. The number of ether oxygens (including phenoxy) is 1. The molecule has 8 heteroatoms. The van der Waals surface area contributed by atoms with Crippen molar-refractivity contribution in [2.45, 2.75) is 13.2 Å². The average Bonchev–Trinajstić information content (AvgIpc) is 2.95. The van der Waals surface area contributed by atoms with Crippen molar-refractivity contribution in [3.05, 3.63) is 59.5 Å². The van der Waals surface area contributed by atoms with Crippen LogP contribution in [0.25, 0.3) is 5.65 Å². The van der Waals surface area contributed by atoms with Crippen LogP contribution in [0.15, 0.2) is 42.6 Å². The third-order valence-electron chi connectivity index (χ3n) is 3.31. The summed E-state index contributed by atoms with van der Waals surface area (Å²) in [5.74, 6) is -0.325. The van der Waals surface area contributed by atoms with Crippen molar-refractivity contribution in [3.8, 4) is 0 Å². The van der Waals surface area contributed by atoms with Crippen LogP contribution in [0.3, 0.4) is 0 Å². The molecule has 0 bridgehead atoms. The lowest BCUT2D eigenvalue weighted by Gasteiger charge is -2.06. The van der Waals surface area contributed by atoms with Gasteiger partial charge in [0.25, 0.3) is 5.95 Å². The number of pyridine rings is 1. The van der Waals surface area contributed by atoms with Gasteiger partial charge in [0.1, 0.15) is 5.82 Å². The number of hydrogen-bond acceptors (Lipinski definition) is 4. The van der Waals surface area contributed by atoms with Crippen LogP contribution in [0.5, 0.6) is 0 Å². The number of carbonyl (C=O) groups excluding carboxylic acids is 1. The first kappa shape index (κ1) is 15.9. The van der Waals surface area contributed by atoms with Gasteiger partial charge in [-0.2, -0.15) is 4.98 Å². The van der Waals surface area contributed by atoms with Gasteiger partial charge in [-0.25, -0.2) is 13.7 Å². The molecule has 0 spiro atoms. The fourth-order valence-corrected chi connectivity index (χ4v) is 2.16. The number of hydrogen-bond donors (Lipinski definition) is 2. The molecular weight excluding hydrogens is 313 g/mol. The molecule has 0 unspecified atom stereocenters. The normalized spacial score (nSPS) is 10.8. The molecule has 24 heavy (non-hydrogen) atoms. The number of urea groups is 1. The maximum absolute atomic E-state index is 13.1. The maximum Gasteiger partial charge on any atom is 0.321 e. The standard InChI is InChI=1S/C16H16FN5O2/c1-24-10-12-4-2-11(3-5-12)8-18-16(23)20-15-19-14-7-6-13(17)9-22(14)21-15/h2-7,9H,8,10H2,1H3,(H2,18,20,21,23). The van der Waals surface area contributed by atoms with Crippen LogP contribution in [-0.4, -0.2) is 27.7 Å². The Labute approximate surface area is 137 Å². The molecule has 2 heterocycles. The number of benzene rings is 1. The molecule has 3 rings (SSSR count). The molecular formula is C16H16FN5O2. The zero-order valence-electron chi connectivity index (χ0n) is 13.0. The molecule has 0 aliphatic heterocycles. The van der Waals surface area contributed by atoms with E-state index in [-0.39, 0.29) is 5.95 Å². The van der Waals surface area contributed by atoms with Gasteiger partial charge in [-0.3, -0.25) is 5.32 Å². The van der Waals surface area contributed by atoms with E-state index in [1.807, 2.05) is 24.3 Å². The van der Waals surface area contributed by atoms with E-state index in [2.05, 4.69) is 20.7 Å². The SMILES string of the molecule is COCc1ccc(CNC(=O)Nc2nc3ccc(F)cn3n2)cc1. The number of fused-ring (bicyclic) bond motifs is 1. The molecule has 0 fully saturated rings. The highest BCUT2D eigenvalue weighted by atomic mass is 19.1. The van der Waals surface area contributed by atoms with Crippen molar-refractivity contribution in [2.24, 2.45) is 0 Å². The molecule has 0 saturated heterocycles. The van der Waals surface area contributed by atoms with Gasteiger partial charge in [0.2, 0.25) is 0 Å². The molecule has 7 nitrogen and oxygen atoms in total. The van der Waals surface area contributed by atoms with Gasteiger partial charge in [0, 0.05) is 13.7 Å². The Hall–Kier alpha value is -3.00. The Morgan fingerprint density at radius 3 is 2.71 bits per heavy atom. The van der Waals surface area contributed by atoms with E-state index in [4.69, 9.17) is 4.74 Å². The molecule has 1 aromatic carbocycles. The molecule has 3 aromatic rings. The summed E-state index contributed by atoms with van der Waals surface area (Å²) in [6.45, 7) is 0.912. The summed E-state index contributed by atoms with van der Waals surface area (Å²) in [4.78, 5) is 16.0. The van der Waals surface area contributed by atoms with Crippen LogP contribution >= 0.6 is 0 Å². The van der Waals surface area contributed by atoms with Gasteiger partial charge in [-0.05, 0) is 23.3 Å². The van der Waals surface area contributed by atoms with Crippen molar-refractivity contribution in [2.75, 3.05) is 12.4 Å². The third-order valence-corrected chi connectivity index (χ3v) is 3.31. The average molecular weight is 329 g/mol. The largest absolute Gasteiger partial charge is 0.380 e. The van der Waals surface area contributed by atoms with Crippen molar-refractivity contribution in [1.82, 2.24) is 19.9 Å². The fraction of sp³-hybridized carbons (Fsp3) is 0.188. The van der Waals surface area contributed by atoms with Gasteiger partial charge in [0.15, 0.2) is 5.65 Å². The number of methoxy groups -OCH3 is 1. The first-order valence-electron chi connectivity index (χ1n) is 7.27. The second-order valence-electron chi connectivity index (χ2n) is 5.14. The Morgan fingerprint density at radius 2 is 1.96 bits per heavy atom. The summed E-state index contributed by atoms with van der Waals surface area (Å²) in [6, 6.07) is 10.0. The van der Waals surface area contributed by atoms with E-state index in [0.717, 1.165) is 11.1 Å². The summed E-state index contributed by atoms with van der Waals surface area (Å²) in [5.41, 5.74) is 2.46. The summed E-state index contributed by atoms with van der Waals surface area (Å²) >= 11 is 0. The lowest BCUT2D eigenvalue weighted by atomic mass is 10.1. The van der Waals surface area contributed by atoms with Gasteiger partial charge in [-0.1, -0.05) is 24.3 Å². The summed E-state index contributed by atoms with van der Waals surface area (Å²) in [6.07, 6.45) is 1.19. The van der Waals surface area contributed by atoms with Gasteiger partial charge in [-0.15, -0.1) is 5.10 Å². The second kappa shape index (κ2) is 7.05. The Balaban J connectivity index is 1.56. The number of aromatic nitrogens is 3. The highest BCUT2D eigenvalue weighted by Crippen LogP contribution is 2.07. The summed E-state index contributed by atoms with van der Waals surface area (Å²) in [5, 5.41) is 9.21. The van der Waals surface area contributed by atoms with Crippen LogP contribution in [0, 0.1) is 5.82 Å². The van der Waals surface area contributed by atoms with Crippen molar-refractivity contribution in [3.63, 3.8) is 0 Å². The highest BCUT2D eigenvalue weighted by molar-refractivity contribution is 5.87. The number of carbonyl (C=O) groups is 1. The first-order valence-corrected chi connectivity index (χ1v) is 7.27. The monoisotopic (exact) mass is 329 g/mol. The maximum atomic E-state index is 13.1. The Kier molecular flexibility index (Phi) is 4.66. The van der Waals surface area contributed by atoms with Crippen LogP contribution in [0.2, 0.25) is 0 Å². The zero-order valence-corrected chi connectivity index (χ0v) is 13.0. The predicted molar refractivity (Wildman–Crippen MR) is 86.0 cm³/mol. The van der Waals surface area contributed by atoms with Crippen LogP contribution < -0.4 is 10.6 Å². The molecule has 0 saturated carbocycles. The Morgan fingerprint density at radius 1 is 1.21 bits per heavy atom. The molecule has 2 amide bonds. The molecule has 0 atom stereocenters. The molecule has 2 N–H and O–H groups in total. The van der Waals surface area contributed by atoms with Crippen LogP contribution in [0.4, 0.5) is 15.1 Å². The third kappa shape index (κ3) is 3.85. The predicted octanol–water partition coefficient (Wildman–Crippen LogP) is 2.34. The number of rotatable bonds is 5. The minimum absolute atomic E-state index is 0.105. The van der Waals surface area contributed by atoms with E-state index in [9.17, 15) is 9.18 Å². The number of halogens is 1. The van der Waals surface area contributed by atoms with E-state index in [1.54, 1.807) is 7.11 Å². The topological polar surface area (TPSA) is 80.5 Å². The van der Waals surface area contributed by atoms with Gasteiger partial charge in [0.05, 0.1) is 12.8 Å². The fourth-order valence-electron chi connectivity index (χ4n) is 2.16. The lowest BCUT2D eigenvalue weighted by Crippen LogP contribution is -2.28. The van der Waals surface area contributed by atoms with Crippen molar-refractivity contribution in [1.29, 1.82) is 0 Å². The number of nitrogens with zero attached hydrogens (tertiary/aromatic N) is 3. The quantitative estimate of drug-likeness (QED) is 0.753. The minimum atomic E-state index is -0.438. The van der Waals surface area contributed by atoms with Crippen molar-refractivity contribution >= 4 is 17.6 Å².